The lowest BCUT2D eigenvalue weighted by Crippen LogP contribution is -2.40. The zero-order valence-electron chi connectivity index (χ0n) is 16.9. The minimum absolute atomic E-state index is 0.150. The molecule has 1 N–H and O–H groups in total. The molecule has 0 radical (unpaired) electrons. The predicted octanol–water partition coefficient (Wildman–Crippen LogP) is 3.93. The summed E-state index contributed by atoms with van der Waals surface area (Å²) in [5.74, 6) is -0.405. The van der Waals surface area contributed by atoms with Gasteiger partial charge in [-0.05, 0) is 55.4 Å². The van der Waals surface area contributed by atoms with Crippen LogP contribution in [0, 0.1) is 30.9 Å². The first-order chi connectivity index (χ1) is 14.3. The molecule has 0 atom stereocenters. The fraction of sp³-hybridized carbons (Fsp3) is 0.130. The van der Waals surface area contributed by atoms with Crippen LogP contribution in [0.5, 0.6) is 0 Å². The Morgan fingerprint density at radius 1 is 1.03 bits per heavy atom. The lowest BCUT2D eigenvalue weighted by Gasteiger charge is -2.18. The molecule has 0 aliphatic carbocycles. The molecule has 3 aromatic rings. The highest BCUT2D eigenvalue weighted by atomic mass is 32.1. The van der Waals surface area contributed by atoms with Crippen LogP contribution in [-0.2, 0) is 0 Å². The van der Waals surface area contributed by atoms with E-state index in [4.69, 9.17) is 12.2 Å². The van der Waals surface area contributed by atoms with E-state index in [1.807, 2.05) is 51.1 Å². The third-order valence-electron chi connectivity index (χ3n) is 4.60. The molecule has 0 spiro atoms. The second-order valence-electron chi connectivity index (χ2n) is 7.05. The summed E-state index contributed by atoms with van der Waals surface area (Å²) in [7, 11) is 0. The zero-order valence-corrected chi connectivity index (χ0v) is 17.7. The Hall–Kier alpha value is -3.58. The third kappa shape index (κ3) is 4.69. The van der Waals surface area contributed by atoms with Crippen molar-refractivity contribution in [3.63, 3.8) is 0 Å². The Balaban J connectivity index is 2.14. The van der Waals surface area contributed by atoms with Crippen LogP contribution in [0.4, 0.5) is 11.4 Å². The van der Waals surface area contributed by atoms with Gasteiger partial charge in [0.25, 0.3) is 5.69 Å². The first-order valence-corrected chi connectivity index (χ1v) is 9.70. The second kappa shape index (κ2) is 8.84. The molecule has 1 heterocycles. The summed E-state index contributed by atoms with van der Waals surface area (Å²) in [6, 6.07) is 15.3. The van der Waals surface area contributed by atoms with Crippen molar-refractivity contribution in [2.45, 2.75) is 20.8 Å². The molecular formula is C23H21N3O3S. The molecule has 2 aromatic carbocycles. The van der Waals surface area contributed by atoms with Gasteiger partial charge in [-0.15, -0.1) is 0 Å². The van der Waals surface area contributed by atoms with E-state index in [0.29, 0.717) is 0 Å². The number of anilines is 1. The maximum absolute atomic E-state index is 13.4. The average Bonchev–Trinajstić information content (AvgIpc) is 2.71. The number of nitro benzene ring substituents is 1. The number of nitrogens with zero attached hydrogens (tertiary/aromatic N) is 2. The number of non-ortho nitro benzene ring substituents is 1. The Kier molecular flexibility index (Phi) is 6.23. The van der Waals surface area contributed by atoms with Crippen LogP contribution in [0.15, 0.2) is 67.0 Å². The number of benzene rings is 2. The molecule has 3 rings (SSSR count). The molecule has 0 saturated carbocycles. The third-order valence-corrected chi connectivity index (χ3v) is 4.89. The molecule has 30 heavy (non-hydrogen) atoms. The van der Waals surface area contributed by atoms with Crippen molar-refractivity contribution < 1.29 is 14.6 Å². The van der Waals surface area contributed by atoms with Gasteiger partial charge in [-0.1, -0.05) is 36.5 Å². The number of thiocarbonyl (C=S) groups is 1. The summed E-state index contributed by atoms with van der Waals surface area (Å²) in [6.45, 7) is 5.83. The van der Waals surface area contributed by atoms with Crippen LogP contribution < -0.4 is 15.0 Å². The highest BCUT2D eigenvalue weighted by Gasteiger charge is 2.20. The van der Waals surface area contributed by atoms with Gasteiger partial charge in [0.2, 0.25) is 5.70 Å². The molecule has 1 aromatic heterocycles. The van der Waals surface area contributed by atoms with Crippen LogP contribution in [0.2, 0.25) is 0 Å². The van der Waals surface area contributed by atoms with Crippen LogP contribution in [0.3, 0.4) is 0 Å². The van der Waals surface area contributed by atoms with Gasteiger partial charge in [0.15, 0.2) is 17.4 Å². The average molecular weight is 420 g/mol. The Bertz CT molecular complexity index is 1170. The summed E-state index contributed by atoms with van der Waals surface area (Å²) in [6.07, 6.45) is 3.52. The molecule has 6 nitrogen and oxygen atoms in total. The fourth-order valence-electron chi connectivity index (χ4n) is 3.02. The maximum atomic E-state index is 13.4. The van der Waals surface area contributed by atoms with E-state index in [1.54, 1.807) is 23.0 Å². The maximum Gasteiger partial charge on any atom is 0.270 e. The van der Waals surface area contributed by atoms with Gasteiger partial charge >= 0.3 is 0 Å². The molecule has 0 saturated heterocycles. The van der Waals surface area contributed by atoms with Crippen LogP contribution >= 0.6 is 12.2 Å². The number of aryl methyl sites for hydroxylation is 3. The lowest BCUT2D eigenvalue weighted by molar-refractivity contribution is -0.578. The summed E-state index contributed by atoms with van der Waals surface area (Å²) >= 11 is 5.62. The molecule has 0 unspecified atom stereocenters. The topological polar surface area (TPSA) is 82.1 Å². The van der Waals surface area contributed by atoms with Crippen molar-refractivity contribution in [2.75, 3.05) is 5.32 Å². The number of hydrogen-bond acceptors (Lipinski definition) is 4. The Morgan fingerprint density at radius 3 is 2.50 bits per heavy atom. The SMILES string of the molecule is Cc1ccc(C)c(NC(=S)C(=C([O-])c2cccc([N+](=O)[O-])c2)[n+]2cccc(C)c2)c1. The van der Waals surface area contributed by atoms with Crippen LogP contribution in [0.25, 0.3) is 11.5 Å². The standard InChI is InChI=1S/C23H21N3O3S/c1-15-9-10-17(3)20(12-15)24-23(30)21(25-11-5-6-16(2)14-25)22(27)18-7-4-8-19(13-18)26(28)29/h4-14H,1-3H3,(H-,24,27,30). The van der Waals surface area contributed by atoms with E-state index >= 15 is 0 Å². The van der Waals surface area contributed by atoms with Gasteiger partial charge in [0.05, 0.1) is 4.92 Å². The molecule has 7 heteroatoms. The first-order valence-electron chi connectivity index (χ1n) is 9.29. The van der Waals surface area contributed by atoms with Crippen LogP contribution in [0.1, 0.15) is 22.3 Å². The number of hydrogen-bond donors (Lipinski definition) is 1. The summed E-state index contributed by atoms with van der Waals surface area (Å²) in [5, 5.41) is 27.7. The predicted molar refractivity (Wildman–Crippen MR) is 120 cm³/mol. The zero-order chi connectivity index (χ0) is 21.8. The minimum atomic E-state index is -0.525. The Morgan fingerprint density at radius 2 is 1.80 bits per heavy atom. The molecule has 0 amide bonds. The molecular weight excluding hydrogens is 398 g/mol. The van der Waals surface area contributed by atoms with Gasteiger partial charge < -0.3 is 10.4 Å². The highest BCUT2D eigenvalue weighted by molar-refractivity contribution is 7.81. The first kappa shape index (κ1) is 21.1. The van der Waals surface area contributed by atoms with Crippen molar-refractivity contribution in [1.82, 2.24) is 0 Å². The number of aromatic nitrogens is 1. The lowest BCUT2D eigenvalue weighted by atomic mass is 10.1. The largest absolute Gasteiger partial charge is 0.867 e. The number of nitro groups is 1. The van der Waals surface area contributed by atoms with Crippen molar-refractivity contribution in [1.29, 1.82) is 0 Å². The van der Waals surface area contributed by atoms with Crippen molar-refractivity contribution >= 4 is 40.0 Å². The molecule has 152 valence electrons. The molecule has 0 bridgehead atoms. The number of nitrogens with one attached hydrogen (secondary N) is 1. The van der Waals surface area contributed by atoms with E-state index in [-0.39, 0.29) is 21.9 Å². The van der Waals surface area contributed by atoms with Crippen LogP contribution in [-0.4, -0.2) is 9.91 Å². The number of pyridine rings is 1. The second-order valence-corrected chi connectivity index (χ2v) is 7.45. The van der Waals surface area contributed by atoms with Gasteiger partial charge in [-0.25, -0.2) is 0 Å². The fourth-order valence-corrected chi connectivity index (χ4v) is 3.33. The van der Waals surface area contributed by atoms with Crippen molar-refractivity contribution in [2.24, 2.45) is 0 Å². The van der Waals surface area contributed by atoms with E-state index < -0.39 is 10.7 Å². The molecule has 0 fully saturated rings. The van der Waals surface area contributed by atoms with Crippen molar-refractivity contribution in [3.8, 4) is 0 Å². The molecule has 0 aliphatic heterocycles. The number of rotatable bonds is 5. The normalized spacial score (nSPS) is 11.6. The van der Waals surface area contributed by atoms with Gasteiger partial charge in [-0.2, -0.15) is 4.57 Å². The van der Waals surface area contributed by atoms with E-state index in [0.717, 1.165) is 22.4 Å². The van der Waals surface area contributed by atoms with E-state index in [9.17, 15) is 15.2 Å². The molecule has 0 aliphatic rings. The van der Waals surface area contributed by atoms with E-state index in [2.05, 4.69) is 5.32 Å². The monoisotopic (exact) mass is 419 g/mol. The minimum Gasteiger partial charge on any atom is -0.867 e. The van der Waals surface area contributed by atoms with Crippen molar-refractivity contribution in [3.05, 3.63) is 99.4 Å². The quantitative estimate of drug-likeness (QED) is 0.169. The van der Waals surface area contributed by atoms with Gasteiger partial charge in [0.1, 0.15) is 0 Å². The summed E-state index contributed by atoms with van der Waals surface area (Å²) < 4.78 is 1.65. The summed E-state index contributed by atoms with van der Waals surface area (Å²) in [5.41, 5.74) is 4.05. The van der Waals surface area contributed by atoms with Gasteiger partial charge in [-0.3, -0.25) is 10.1 Å². The Labute approximate surface area is 180 Å². The highest BCUT2D eigenvalue weighted by Crippen LogP contribution is 2.22. The van der Waals surface area contributed by atoms with Gasteiger partial charge in [0, 0.05) is 29.4 Å². The smallest absolute Gasteiger partial charge is 0.270 e. The van der Waals surface area contributed by atoms with E-state index in [1.165, 1.54) is 18.2 Å². The summed E-state index contributed by atoms with van der Waals surface area (Å²) in [4.78, 5) is 10.9.